The minimum atomic E-state index is -5.13. The smallest absolute Gasteiger partial charge is 0.305 e. The Morgan fingerprint density at radius 1 is 1.25 bits per heavy atom. The number of amides is 1. The Bertz CT molecular complexity index is 415. The highest BCUT2D eigenvalue weighted by molar-refractivity contribution is 5.96. The van der Waals surface area contributed by atoms with Crippen molar-refractivity contribution in [1.29, 1.82) is 0 Å². The fourth-order valence-electron chi connectivity index (χ4n) is 1.04. The Morgan fingerprint density at radius 3 is 2.31 bits per heavy atom. The van der Waals surface area contributed by atoms with Crippen LogP contribution in [0, 0.1) is 11.6 Å². The van der Waals surface area contributed by atoms with Gasteiger partial charge in [0, 0.05) is 13.1 Å². The van der Waals surface area contributed by atoms with E-state index in [1.54, 1.807) is 0 Å². The summed E-state index contributed by atoms with van der Waals surface area (Å²) >= 11 is 0. The molecule has 0 saturated heterocycles. The van der Waals surface area contributed by atoms with E-state index in [4.69, 9.17) is 0 Å². The molecule has 1 aromatic rings. The molecule has 0 saturated carbocycles. The van der Waals surface area contributed by atoms with Crippen molar-refractivity contribution in [2.24, 2.45) is 0 Å². The van der Waals surface area contributed by atoms with Gasteiger partial charge in [-0.15, -0.1) is 0 Å². The maximum absolute atomic E-state index is 13.0. The predicted octanol–water partition coefficient (Wildman–Crippen LogP) is 2.49. The molecule has 0 aromatic heterocycles. The molecule has 0 radical (unpaired) electrons. The number of rotatable bonds is 1. The molecule has 0 aliphatic rings. The van der Waals surface area contributed by atoms with Crippen LogP contribution in [0.2, 0.25) is 0 Å². The van der Waals surface area contributed by atoms with Gasteiger partial charge in [-0.05, 0) is 12.1 Å². The van der Waals surface area contributed by atoms with E-state index in [0.717, 1.165) is 6.07 Å². The number of hydrogen-bond donors (Lipinski definition) is 0. The van der Waals surface area contributed by atoms with Gasteiger partial charge in [0.25, 0.3) is 0 Å². The number of nitrogens with zero attached hydrogens (tertiary/aromatic N) is 1. The third-order valence-electron chi connectivity index (χ3n) is 1.82. The van der Waals surface area contributed by atoms with E-state index >= 15 is 0 Å². The van der Waals surface area contributed by atoms with Crippen LogP contribution in [-0.4, -0.2) is 19.1 Å². The number of hydrogen-bond acceptors (Lipinski definition) is 1. The van der Waals surface area contributed by atoms with Gasteiger partial charge in [0.05, 0.1) is 5.69 Å². The highest BCUT2D eigenvalue weighted by Crippen LogP contribution is 2.25. The Kier molecular flexibility index (Phi) is 3.16. The molecule has 0 unspecified atom stereocenters. The normalized spacial score (nSPS) is 11.4. The lowest BCUT2D eigenvalue weighted by Crippen LogP contribution is -2.39. The number of carbonyl (C=O) groups excluding carboxylic acids is 1. The third-order valence-corrected chi connectivity index (χ3v) is 1.82. The lowest BCUT2D eigenvalue weighted by molar-refractivity contribution is -0.170. The van der Waals surface area contributed by atoms with E-state index in [1.807, 2.05) is 0 Å². The number of benzene rings is 1. The summed E-state index contributed by atoms with van der Waals surface area (Å²) in [6, 6.07) is 1.90. The molecule has 2 nitrogen and oxygen atoms in total. The van der Waals surface area contributed by atoms with Crippen LogP contribution in [0.4, 0.5) is 27.6 Å². The molecule has 0 spiro atoms. The molecule has 0 atom stereocenters. The SMILES string of the molecule is CN(C(=O)C(F)(F)F)c1cc(F)ccc1F. The summed E-state index contributed by atoms with van der Waals surface area (Å²) in [5.41, 5.74) is -0.762. The number of anilines is 1. The van der Waals surface area contributed by atoms with Crippen molar-refractivity contribution in [3.63, 3.8) is 0 Å². The molecule has 1 amide bonds. The van der Waals surface area contributed by atoms with Crippen LogP contribution < -0.4 is 4.90 Å². The standard InChI is InChI=1S/C9H6F5NO/c1-15(8(16)9(12,13)14)7-4-5(10)2-3-6(7)11/h2-4H,1H3. The maximum Gasteiger partial charge on any atom is 0.471 e. The fraction of sp³-hybridized carbons (Fsp3) is 0.222. The number of carbonyl (C=O) groups is 1. The molecule has 0 bridgehead atoms. The second kappa shape index (κ2) is 4.07. The van der Waals surface area contributed by atoms with Gasteiger partial charge in [-0.3, -0.25) is 4.79 Å². The van der Waals surface area contributed by atoms with Crippen LogP contribution in [0.1, 0.15) is 0 Å². The maximum atomic E-state index is 13.0. The zero-order valence-corrected chi connectivity index (χ0v) is 7.98. The summed E-state index contributed by atoms with van der Waals surface area (Å²) in [6.45, 7) is 0. The van der Waals surface area contributed by atoms with Gasteiger partial charge in [-0.2, -0.15) is 13.2 Å². The Hall–Kier alpha value is -1.66. The Balaban J connectivity index is 3.10. The van der Waals surface area contributed by atoms with Crippen molar-refractivity contribution >= 4 is 11.6 Å². The molecular formula is C9H6F5NO. The van der Waals surface area contributed by atoms with E-state index in [9.17, 15) is 26.7 Å². The van der Waals surface area contributed by atoms with Crippen LogP contribution in [-0.2, 0) is 4.79 Å². The van der Waals surface area contributed by atoms with Crippen molar-refractivity contribution in [1.82, 2.24) is 0 Å². The van der Waals surface area contributed by atoms with Gasteiger partial charge >= 0.3 is 12.1 Å². The predicted molar refractivity (Wildman–Crippen MR) is 45.8 cm³/mol. The molecule has 0 fully saturated rings. The van der Waals surface area contributed by atoms with E-state index in [1.165, 1.54) is 0 Å². The molecular weight excluding hydrogens is 233 g/mol. The van der Waals surface area contributed by atoms with Crippen molar-refractivity contribution in [2.45, 2.75) is 6.18 Å². The molecule has 88 valence electrons. The molecule has 0 aliphatic heterocycles. The monoisotopic (exact) mass is 239 g/mol. The topological polar surface area (TPSA) is 20.3 Å². The highest BCUT2D eigenvalue weighted by Gasteiger charge is 2.42. The second-order valence-electron chi connectivity index (χ2n) is 2.96. The van der Waals surface area contributed by atoms with E-state index in [0.29, 0.717) is 19.2 Å². The summed E-state index contributed by atoms with van der Waals surface area (Å²) in [7, 11) is 0.716. The minimum Gasteiger partial charge on any atom is -0.305 e. The van der Waals surface area contributed by atoms with Gasteiger partial charge in [-0.1, -0.05) is 0 Å². The highest BCUT2D eigenvalue weighted by atomic mass is 19.4. The van der Waals surface area contributed by atoms with Gasteiger partial charge in [0.15, 0.2) is 0 Å². The summed E-state index contributed by atoms with van der Waals surface area (Å²) in [6.07, 6.45) is -5.13. The molecule has 7 heteroatoms. The third kappa shape index (κ3) is 2.47. The van der Waals surface area contributed by atoms with Crippen molar-refractivity contribution in [3.05, 3.63) is 29.8 Å². The fourth-order valence-corrected chi connectivity index (χ4v) is 1.04. The molecule has 0 N–H and O–H groups in total. The van der Waals surface area contributed by atoms with Crippen LogP contribution in [0.5, 0.6) is 0 Å². The minimum absolute atomic E-state index is 0.0123. The molecule has 16 heavy (non-hydrogen) atoms. The van der Waals surface area contributed by atoms with Gasteiger partial charge in [0.1, 0.15) is 11.6 Å². The lowest BCUT2D eigenvalue weighted by atomic mass is 10.2. The molecule has 1 aromatic carbocycles. The number of alkyl halides is 3. The first-order chi connectivity index (χ1) is 7.23. The summed E-state index contributed by atoms with van der Waals surface area (Å²) in [5, 5.41) is 0. The lowest BCUT2D eigenvalue weighted by Gasteiger charge is -2.19. The van der Waals surface area contributed by atoms with Crippen LogP contribution in [0.15, 0.2) is 18.2 Å². The van der Waals surface area contributed by atoms with Crippen LogP contribution >= 0.6 is 0 Å². The largest absolute Gasteiger partial charge is 0.471 e. The molecule has 0 aliphatic carbocycles. The van der Waals surface area contributed by atoms with Gasteiger partial charge < -0.3 is 4.90 Å². The first-order valence-corrected chi connectivity index (χ1v) is 4.03. The zero-order chi connectivity index (χ0) is 12.5. The zero-order valence-electron chi connectivity index (χ0n) is 7.98. The summed E-state index contributed by atoms with van der Waals surface area (Å²) < 4.78 is 61.8. The van der Waals surface area contributed by atoms with E-state index in [-0.39, 0.29) is 4.90 Å². The van der Waals surface area contributed by atoms with Gasteiger partial charge in [-0.25, -0.2) is 8.78 Å². The second-order valence-corrected chi connectivity index (χ2v) is 2.96. The van der Waals surface area contributed by atoms with Crippen molar-refractivity contribution < 1.29 is 26.7 Å². The molecule has 0 heterocycles. The van der Waals surface area contributed by atoms with Gasteiger partial charge in [0.2, 0.25) is 0 Å². The average molecular weight is 239 g/mol. The van der Waals surface area contributed by atoms with Crippen LogP contribution in [0.25, 0.3) is 0 Å². The quantitative estimate of drug-likeness (QED) is 0.689. The average Bonchev–Trinajstić information content (AvgIpc) is 2.18. The van der Waals surface area contributed by atoms with Crippen LogP contribution in [0.3, 0.4) is 0 Å². The van der Waals surface area contributed by atoms with E-state index in [2.05, 4.69) is 0 Å². The number of halogens is 5. The van der Waals surface area contributed by atoms with E-state index < -0.39 is 29.4 Å². The first kappa shape index (κ1) is 12.4. The summed E-state index contributed by atoms with van der Waals surface area (Å²) in [4.78, 5) is 10.8. The summed E-state index contributed by atoms with van der Waals surface area (Å²) in [5.74, 6) is -4.31. The Labute approximate surface area is 87.3 Å². The van der Waals surface area contributed by atoms with Crippen molar-refractivity contribution in [2.75, 3.05) is 11.9 Å². The Morgan fingerprint density at radius 2 is 1.81 bits per heavy atom. The van der Waals surface area contributed by atoms with Crippen molar-refractivity contribution in [3.8, 4) is 0 Å². The molecule has 1 rings (SSSR count). The first-order valence-electron chi connectivity index (χ1n) is 4.03.